The van der Waals surface area contributed by atoms with Crippen LogP contribution in [-0.2, 0) is 4.79 Å². The predicted octanol–water partition coefficient (Wildman–Crippen LogP) is 1.82. The van der Waals surface area contributed by atoms with Crippen LogP contribution in [0.3, 0.4) is 0 Å². The van der Waals surface area contributed by atoms with Crippen LogP contribution in [0.2, 0.25) is 0 Å². The fourth-order valence-electron chi connectivity index (χ4n) is 1.55. The molecule has 0 aromatic carbocycles. The number of hydrogen-bond donors (Lipinski definition) is 2. The summed E-state index contributed by atoms with van der Waals surface area (Å²) in [6.45, 7) is 5.48. The maximum atomic E-state index is 11.8. The van der Waals surface area contributed by atoms with E-state index in [4.69, 9.17) is 9.52 Å². The highest BCUT2D eigenvalue weighted by Crippen LogP contribution is 2.10. The number of furan rings is 1. The van der Waals surface area contributed by atoms with E-state index in [1.807, 2.05) is 13.8 Å². The third kappa shape index (κ3) is 3.62. The molecule has 94 valence electrons. The first-order valence-electron chi connectivity index (χ1n) is 5.49. The Morgan fingerprint density at radius 2 is 2.12 bits per heavy atom. The number of carboxylic acids is 1. The van der Waals surface area contributed by atoms with Crippen molar-refractivity contribution in [2.24, 2.45) is 5.92 Å². The fourth-order valence-corrected chi connectivity index (χ4v) is 1.55. The lowest BCUT2D eigenvalue weighted by Gasteiger charge is -2.16. The first-order valence-corrected chi connectivity index (χ1v) is 5.49. The Morgan fingerprint density at radius 3 is 2.53 bits per heavy atom. The minimum Gasteiger partial charge on any atom is -0.480 e. The van der Waals surface area contributed by atoms with Crippen LogP contribution in [0.25, 0.3) is 0 Å². The average molecular weight is 239 g/mol. The van der Waals surface area contributed by atoms with Crippen molar-refractivity contribution in [3.8, 4) is 0 Å². The van der Waals surface area contributed by atoms with Crippen LogP contribution in [0, 0.1) is 12.8 Å². The monoisotopic (exact) mass is 239 g/mol. The van der Waals surface area contributed by atoms with Gasteiger partial charge in [-0.25, -0.2) is 4.79 Å². The van der Waals surface area contributed by atoms with Crippen LogP contribution >= 0.6 is 0 Å². The van der Waals surface area contributed by atoms with Gasteiger partial charge >= 0.3 is 5.97 Å². The molecule has 5 nitrogen and oxygen atoms in total. The molecule has 1 atom stereocenters. The summed E-state index contributed by atoms with van der Waals surface area (Å²) in [5.41, 5.74) is 0.375. The van der Waals surface area contributed by atoms with Gasteiger partial charge in [-0.1, -0.05) is 13.8 Å². The molecule has 0 radical (unpaired) electrons. The molecule has 0 fully saturated rings. The van der Waals surface area contributed by atoms with E-state index in [0.29, 0.717) is 17.7 Å². The Hall–Kier alpha value is -1.78. The average Bonchev–Trinajstić information content (AvgIpc) is 2.62. The molecule has 2 N–H and O–H groups in total. The molecule has 0 aliphatic heterocycles. The SMILES string of the molecule is Cc1occc1C(=O)NC(CC(C)C)C(=O)O. The highest BCUT2D eigenvalue weighted by Gasteiger charge is 2.22. The molecule has 1 heterocycles. The molecule has 0 saturated heterocycles. The standard InChI is InChI=1S/C12H17NO4/c1-7(2)6-10(12(15)16)13-11(14)9-4-5-17-8(9)3/h4-5,7,10H,6H2,1-3H3,(H,13,14)(H,15,16). The van der Waals surface area contributed by atoms with Gasteiger partial charge in [0.15, 0.2) is 0 Å². The molecule has 5 heteroatoms. The second-order valence-corrected chi connectivity index (χ2v) is 4.38. The van der Waals surface area contributed by atoms with E-state index in [2.05, 4.69) is 5.32 Å². The zero-order valence-electron chi connectivity index (χ0n) is 10.2. The van der Waals surface area contributed by atoms with Gasteiger partial charge in [-0.05, 0) is 25.3 Å². The van der Waals surface area contributed by atoms with Gasteiger partial charge in [0.1, 0.15) is 11.8 Å². The van der Waals surface area contributed by atoms with Gasteiger partial charge in [0.25, 0.3) is 5.91 Å². The van der Waals surface area contributed by atoms with Crippen LogP contribution in [0.15, 0.2) is 16.7 Å². The number of carbonyl (C=O) groups is 2. The van der Waals surface area contributed by atoms with E-state index >= 15 is 0 Å². The minimum atomic E-state index is -1.02. The highest BCUT2D eigenvalue weighted by molar-refractivity contribution is 5.97. The molecule has 0 aliphatic rings. The summed E-state index contributed by atoms with van der Waals surface area (Å²) in [7, 11) is 0. The quantitative estimate of drug-likeness (QED) is 0.821. The molecule has 0 spiro atoms. The van der Waals surface area contributed by atoms with Gasteiger partial charge in [-0.15, -0.1) is 0 Å². The molecular weight excluding hydrogens is 222 g/mol. The first kappa shape index (κ1) is 13.3. The van der Waals surface area contributed by atoms with Crippen molar-refractivity contribution in [1.29, 1.82) is 0 Å². The van der Waals surface area contributed by atoms with Gasteiger partial charge < -0.3 is 14.8 Å². The van der Waals surface area contributed by atoms with E-state index in [9.17, 15) is 9.59 Å². The maximum Gasteiger partial charge on any atom is 0.326 e. The van der Waals surface area contributed by atoms with Crippen molar-refractivity contribution in [3.05, 3.63) is 23.7 Å². The van der Waals surface area contributed by atoms with Crippen molar-refractivity contribution < 1.29 is 19.1 Å². The Morgan fingerprint density at radius 1 is 1.47 bits per heavy atom. The summed E-state index contributed by atoms with van der Waals surface area (Å²) in [5.74, 6) is -0.754. The third-order valence-corrected chi connectivity index (χ3v) is 2.41. The normalized spacial score (nSPS) is 12.5. The van der Waals surface area contributed by atoms with E-state index in [-0.39, 0.29) is 5.92 Å². The number of carbonyl (C=O) groups excluding carboxylic acids is 1. The van der Waals surface area contributed by atoms with Gasteiger partial charge in [-0.2, -0.15) is 0 Å². The lowest BCUT2D eigenvalue weighted by Crippen LogP contribution is -2.41. The number of amides is 1. The topological polar surface area (TPSA) is 79.5 Å². The zero-order chi connectivity index (χ0) is 13.0. The predicted molar refractivity (Wildman–Crippen MR) is 61.8 cm³/mol. The summed E-state index contributed by atoms with van der Waals surface area (Å²) in [4.78, 5) is 22.8. The Kier molecular flexibility index (Phi) is 4.31. The fraction of sp³-hybridized carbons (Fsp3) is 0.500. The van der Waals surface area contributed by atoms with E-state index in [1.54, 1.807) is 6.92 Å². The molecule has 0 saturated carbocycles. The van der Waals surface area contributed by atoms with Crippen LogP contribution in [-0.4, -0.2) is 23.0 Å². The Bertz CT molecular complexity index is 408. The maximum absolute atomic E-state index is 11.8. The number of aliphatic carboxylic acids is 1. The Balaban J connectivity index is 2.71. The molecule has 1 aromatic rings. The van der Waals surface area contributed by atoms with E-state index < -0.39 is 17.9 Å². The second-order valence-electron chi connectivity index (χ2n) is 4.38. The van der Waals surface area contributed by atoms with Crippen LogP contribution in [0.5, 0.6) is 0 Å². The molecule has 17 heavy (non-hydrogen) atoms. The molecule has 0 aliphatic carbocycles. The Labute approximate surface area is 99.8 Å². The summed E-state index contributed by atoms with van der Waals surface area (Å²) < 4.78 is 5.00. The number of aryl methyl sites for hydroxylation is 1. The lowest BCUT2D eigenvalue weighted by molar-refractivity contribution is -0.139. The van der Waals surface area contributed by atoms with Crippen molar-refractivity contribution >= 4 is 11.9 Å². The van der Waals surface area contributed by atoms with Crippen LogP contribution in [0.1, 0.15) is 36.4 Å². The zero-order valence-corrected chi connectivity index (χ0v) is 10.2. The largest absolute Gasteiger partial charge is 0.480 e. The van der Waals surface area contributed by atoms with Gasteiger partial charge in [-0.3, -0.25) is 4.79 Å². The molecule has 1 rings (SSSR count). The summed E-state index contributed by atoms with van der Waals surface area (Å²) in [6, 6.07) is 0.663. The van der Waals surface area contributed by atoms with Gasteiger partial charge in [0.2, 0.25) is 0 Å². The van der Waals surface area contributed by atoms with Crippen molar-refractivity contribution in [2.45, 2.75) is 33.2 Å². The number of nitrogens with one attached hydrogen (secondary N) is 1. The smallest absolute Gasteiger partial charge is 0.326 e. The summed E-state index contributed by atoms with van der Waals surface area (Å²) in [6.07, 6.45) is 1.81. The first-order chi connectivity index (χ1) is 7.91. The van der Waals surface area contributed by atoms with Crippen LogP contribution < -0.4 is 5.32 Å². The van der Waals surface area contributed by atoms with Crippen molar-refractivity contribution in [3.63, 3.8) is 0 Å². The lowest BCUT2D eigenvalue weighted by atomic mass is 10.0. The molecule has 0 bridgehead atoms. The van der Waals surface area contributed by atoms with Crippen LogP contribution in [0.4, 0.5) is 0 Å². The van der Waals surface area contributed by atoms with Gasteiger partial charge in [0.05, 0.1) is 11.8 Å². The summed E-state index contributed by atoms with van der Waals surface area (Å²) >= 11 is 0. The minimum absolute atomic E-state index is 0.196. The second kappa shape index (κ2) is 5.52. The number of hydrogen-bond acceptors (Lipinski definition) is 3. The number of rotatable bonds is 5. The molecule has 1 amide bonds. The number of carboxylic acid groups (broad SMARTS) is 1. The van der Waals surface area contributed by atoms with Gasteiger partial charge in [0, 0.05) is 0 Å². The van der Waals surface area contributed by atoms with E-state index in [0.717, 1.165) is 0 Å². The molecule has 1 unspecified atom stereocenters. The summed E-state index contributed by atoms with van der Waals surface area (Å²) in [5, 5.41) is 11.5. The molecular formula is C12H17NO4. The van der Waals surface area contributed by atoms with Crippen molar-refractivity contribution in [1.82, 2.24) is 5.32 Å². The van der Waals surface area contributed by atoms with E-state index in [1.165, 1.54) is 12.3 Å². The third-order valence-electron chi connectivity index (χ3n) is 2.41. The highest BCUT2D eigenvalue weighted by atomic mass is 16.4. The van der Waals surface area contributed by atoms with Crippen molar-refractivity contribution in [2.75, 3.05) is 0 Å². The molecule has 1 aromatic heterocycles.